The van der Waals surface area contributed by atoms with Crippen LogP contribution in [-0.2, 0) is 0 Å². The quantitative estimate of drug-likeness (QED) is 0.828. The first-order valence-electron chi connectivity index (χ1n) is 7.07. The highest BCUT2D eigenvalue weighted by atomic mass is 16.3. The van der Waals surface area contributed by atoms with Gasteiger partial charge in [-0.05, 0) is 37.6 Å². The molecule has 0 saturated carbocycles. The molecule has 0 amide bonds. The van der Waals surface area contributed by atoms with Gasteiger partial charge in [0.15, 0.2) is 0 Å². The Labute approximate surface area is 115 Å². The van der Waals surface area contributed by atoms with Gasteiger partial charge in [0.25, 0.3) is 0 Å². The molecule has 2 nitrogen and oxygen atoms in total. The van der Waals surface area contributed by atoms with Crippen LogP contribution in [0.1, 0.15) is 49.3 Å². The number of furan rings is 1. The minimum atomic E-state index is 0.232. The Bertz CT molecular complexity index is 489. The molecule has 1 aromatic heterocycles. The minimum absolute atomic E-state index is 0.232. The molecule has 0 radical (unpaired) electrons. The fourth-order valence-electron chi connectivity index (χ4n) is 2.39. The summed E-state index contributed by atoms with van der Waals surface area (Å²) in [6.45, 7) is 7.43. The van der Waals surface area contributed by atoms with E-state index in [1.165, 1.54) is 5.56 Å². The third kappa shape index (κ3) is 3.48. The van der Waals surface area contributed by atoms with Crippen LogP contribution in [0.15, 0.2) is 46.9 Å². The third-order valence-corrected chi connectivity index (χ3v) is 3.51. The van der Waals surface area contributed by atoms with E-state index in [0.717, 1.165) is 24.5 Å². The Hall–Kier alpha value is -1.54. The molecule has 2 aromatic rings. The molecule has 1 aromatic carbocycles. The van der Waals surface area contributed by atoms with Gasteiger partial charge in [0.2, 0.25) is 0 Å². The van der Waals surface area contributed by atoms with Gasteiger partial charge < -0.3 is 9.73 Å². The van der Waals surface area contributed by atoms with Gasteiger partial charge >= 0.3 is 0 Å². The average Bonchev–Trinajstić information content (AvgIpc) is 2.86. The average molecular weight is 257 g/mol. The largest absolute Gasteiger partial charge is 0.465 e. The van der Waals surface area contributed by atoms with Crippen molar-refractivity contribution in [2.45, 2.75) is 39.2 Å². The first-order chi connectivity index (χ1) is 9.22. The van der Waals surface area contributed by atoms with Crippen LogP contribution in [0, 0.1) is 6.92 Å². The molecule has 0 aliphatic rings. The van der Waals surface area contributed by atoms with Crippen molar-refractivity contribution < 1.29 is 4.42 Å². The van der Waals surface area contributed by atoms with Crippen LogP contribution in [0.4, 0.5) is 0 Å². The van der Waals surface area contributed by atoms with Gasteiger partial charge in [-0.1, -0.05) is 44.2 Å². The van der Waals surface area contributed by atoms with E-state index in [1.54, 1.807) is 0 Å². The summed E-state index contributed by atoms with van der Waals surface area (Å²) in [6, 6.07) is 15.0. The zero-order chi connectivity index (χ0) is 13.7. The lowest BCUT2D eigenvalue weighted by Crippen LogP contribution is -2.26. The number of benzene rings is 1. The van der Waals surface area contributed by atoms with Gasteiger partial charge in [-0.3, -0.25) is 0 Å². The summed E-state index contributed by atoms with van der Waals surface area (Å²) in [5.41, 5.74) is 1.34. The van der Waals surface area contributed by atoms with Gasteiger partial charge in [0.1, 0.15) is 11.5 Å². The predicted octanol–water partition coefficient (Wildman–Crippen LogP) is 4.43. The summed E-state index contributed by atoms with van der Waals surface area (Å²) in [4.78, 5) is 0. The molecule has 0 bridgehead atoms. The van der Waals surface area contributed by atoms with E-state index in [9.17, 15) is 0 Å². The van der Waals surface area contributed by atoms with Crippen LogP contribution in [0.2, 0.25) is 0 Å². The Balaban J connectivity index is 2.22. The molecular weight excluding hydrogens is 234 g/mol. The summed E-state index contributed by atoms with van der Waals surface area (Å²) in [7, 11) is 0. The number of aryl methyl sites for hydroxylation is 1. The monoisotopic (exact) mass is 257 g/mol. The van der Waals surface area contributed by atoms with Crippen molar-refractivity contribution in [3.8, 4) is 0 Å². The van der Waals surface area contributed by atoms with Gasteiger partial charge in [-0.15, -0.1) is 0 Å². The fraction of sp³-hybridized carbons (Fsp3) is 0.412. The summed E-state index contributed by atoms with van der Waals surface area (Å²) in [5, 5.41) is 3.60. The summed E-state index contributed by atoms with van der Waals surface area (Å²) in [5.74, 6) is 2.39. The normalized spacial score (nSPS) is 14.3. The van der Waals surface area contributed by atoms with Crippen molar-refractivity contribution in [3.63, 3.8) is 0 Å². The number of rotatable bonds is 6. The second-order valence-corrected chi connectivity index (χ2v) is 5.08. The maximum atomic E-state index is 5.82. The van der Waals surface area contributed by atoms with Crippen LogP contribution in [0.25, 0.3) is 0 Å². The van der Waals surface area contributed by atoms with Crippen LogP contribution in [-0.4, -0.2) is 6.54 Å². The van der Waals surface area contributed by atoms with Crippen LogP contribution < -0.4 is 5.32 Å². The number of hydrogen-bond donors (Lipinski definition) is 1. The second-order valence-electron chi connectivity index (χ2n) is 5.08. The molecule has 2 atom stereocenters. The van der Waals surface area contributed by atoms with Gasteiger partial charge in [0, 0.05) is 5.92 Å². The Morgan fingerprint density at radius 1 is 1.11 bits per heavy atom. The third-order valence-electron chi connectivity index (χ3n) is 3.51. The van der Waals surface area contributed by atoms with Crippen molar-refractivity contribution in [2.24, 2.45) is 0 Å². The Morgan fingerprint density at radius 2 is 1.84 bits per heavy atom. The van der Waals surface area contributed by atoms with E-state index in [4.69, 9.17) is 4.42 Å². The maximum absolute atomic E-state index is 5.82. The highest BCUT2D eigenvalue weighted by molar-refractivity contribution is 5.24. The standard InChI is InChI=1S/C17H23NO/c1-4-12-18-17(16-11-10-13(2)19-16)14(3)15-8-6-5-7-9-15/h5-11,14,17-18H,4,12H2,1-3H3. The molecule has 0 aliphatic heterocycles. The lowest BCUT2D eigenvalue weighted by Gasteiger charge is -2.24. The maximum Gasteiger partial charge on any atom is 0.121 e. The topological polar surface area (TPSA) is 25.2 Å². The lowest BCUT2D eigenvalue weighted by molar-refractivity contribution is 0.367. The van der Waals surface area contributed by atoms with E-state index in [1.807, 2.05) is 13.0 Å². The van der Waals surface area contributed by atoms with Crippen molar-refractivity contribution in [3.05, 3.63) is 59.5 Å². The molecule has 2 unspecified atom stereocenters. The van der Waals surface area contributed by atoms with Gasteiger partial charge in [0.05, 0.1) is 6.04 Å². The van der Waals surface area contributed by atoms with Crippen molar-refractivity contribution >= 4 is 0 Å². The zero-order valence-corrected chi connectivity index (χ0v) is 12.0. The smallest absolute Gasteiger partial charge is 0.121 e. The van der Waals surface area contributed by atoms with Crippen molar-refractivity contribution in [1.29, 1.82) is 0 Å². The van der Waals surface area contributed by atoms with Crippen LogP contribution >= 0.6 is 0 Å². The molecule has 19 heavy (non-hydrogen) atoms. The van der Waals surface area contributed by atoms with E-state index < -0.39 is 0 Å². The first kappa shape index (κ1) is 13.9. The SMILES string of the molecule is CCCNC(c1ccc(C)o1)C(C)c1ccccc1. The predicted molar refractivity (Wildman–Crippen MR) is 79.3 cm³/mol. The van der Waals surface area contributed by atoms with E-state index in [0.29, 0.717) is 5.92 Å². The lowest BCUT2D eigenvalue weighted by atomic mass is 9.91. The van der Waals surface area contributed by atoms with E-state index in [-0.39, 0.29) is 6.04 Å². The molecule has 102 valence electrons. The fourth-order valence-corrected chi connectivity index (χ4v) is 2.39. The zero-order valence-electron chi connectivity index (χ0n) is 12.0. The number of hydrogen-bond acceptors (Lipinski definition) is 2. The van der Waals surface area contributed by atoms with Crippen molar-refractivity contribution in [2.75, 3.05) is 6.54 Å². The van der Waals surface area contributed by atoms with E-state index >= 15 is 0 Å². The van der Waals surface area contributed by atoms with Gasteiger partial charge in [-0.2, -0.15) is 0 Å². The van der Waals surface area contributed by atoms with Gasteiger partial charge in [-0.25, -0.2) is 0 Å². The summed E-state index contributed by atoms with van der Waals surface area (Å²) in [6.07, 6.45) is 1.12. The van der Waals surface area contributed by atoms with Crippen LogP contribution in [0.5, 0.6) is 0 Å². The first-order valence-corrected chi connectivity index (χ1v) is 7.07. The van der Waals surface area contributed by atoms with E-state index in [2.05, 4.69) is 55.6 Å². The molecule has 1 heterocycles. The molecule has 2 heteroatoms. The molecule has 0 spiro atoms. The Kier molecular flexibility index (Phi) is 4.80. The summed E-state index contributed by atoms with van der Waals surface area (Å²) >= 11 is 0. The minimum Gasteiger partial charge on any atom is -0.465 e. The highest BCUT2D eigenvalue weighted by Gasteiger charge is 2.22. The highest BCUT2D eigenvalue weighted by Crippen LogP contribution is 2.31. The molecule has 1 N–H and O–H groups in total. The number of nitrogens with one attached hydrogen (secondary N) is 1. The summed E-state index contributed by atoms with van der Waals surface area (Å²) < 4.78 is 5.82. The molecule has 0 fully saturated rings. The molecular formula is C17H23NO. The van der Waals surface area contributed by atoms with Crippen LogP contribution in [0.3, 0.4) is 0 Å². The molecule has 0 aliphatic carbocycles. The molecule has 2 rings (SSSR count). The molecule has 0 saturated heterocycles. The Morgan fingerprint density at radius 3 is 2.42 bits per heavy atom. The van der Waals surface area contributed by atoms with Crippen molar-refractivity contribution in [1.82, 2.24) is 5.32 Å². The second kappa shape index (κ2) is 6.58.